The number of pyridine rings is 2. The first-order valence-electron chi connectivity index (χ1n) is 12.4. The molecule has 2 fully saturated rings. The lowest BCUT2D eigenvalue weighted by atomic mass is 9.73. The Morgan fingerprint density at radius 1 is 1.14 bits per heavy atom. The minimum Gasteiger partial charge on any atom is -0.394 e. The molecular weight excluding hydrogens is 464 g/mol. The lowest BCUT2D eigenvalue weighted by Gasteiger charge is -2.48. The van der Waals surface area contributed by atoms with Crippen molar-refractivity contribution in [2.45, 2.75) is 19.8 Å². The van der Waals surface area contributed by atoms with Gasteiger partial charge in [-0.2, -0.15) is 0 Å². The molecule has 4 heterocycles. The average Bonchev–Trinajstić information content (AvgIpc) is 2.90. The summed E-state index contributed by atoms with van der Waals surface area (Å²) in [4.78, 5) is 12.3. The van der Waals surface area contributed by atoms with Gasteiger partial charge in [-0.1, -0.05) is 49.2 Å². The highest BCUT2D eigenvalue weighted by molar-refractivity contribution is 8.11. The molecule has 0 bridgehead atoms. The van der Waals surface area contributed by atoms with Crippen molar-refractivity contribution in [2.75, 3.05) is 43.4 Å². The molecule has 0 radical (unpaired) electrons. The highest BCUT2D eigenvalue weighted by atomic mass is 32.2. The minimum absolute atomic E-state index is 0.596. The van der Waals surface area contributed by atoms with Crippen LogP contribution in [0, 0.1) is 5.41 Å². The molecule has 0 amide bonds. The van der Waals surface area contributed by atoms with Gasteiger partial charge in [-0.3, -0.25) is 0 Å². The molecule has 2 aliphatic rings. The molecular formula is C29H36N6S. The van der Waals surface area contributed by atoms with E-state index in [2.05, 4.69) is 62.9 Å². The summed E-state index contributed by atoms with van der Waals surface area (Å²) in [6.07, 6.45) is 10.3. The van der Waals surface area contributed by atoms with E-state index in [0.717, 1.165) is 51.5 Å². The maximum atomic E-state index is 5.67. The predicted molar refractivity (Wildman–Crippen MR) is 157 cm³/mol. The van der Waals surface area contributed by atoms with Crippen LogP contribution in [0.25, 0.3) is 21.8 Å². The van der Waals surface area contributed by atoms with Gasteiger partial charge in [0.25, 0.3) is 0 Å². The van der Waals surface area contributed by atoms with Gasteiger partial charge in [0.05, 0.1) is 5.03 Å². The summed E-state index contributed by atoms with van der Waals surface area (Å²) >= 11 is 1.48. The summed E-state index contributed by atoms with van der Waals surface area (Å²) in [5, 5.41) is 9.31. The average molecular weight is 501 g/mol. The zero-order valence-corrected chi connectivity index (χ0v) is 22.1. The molecule has 0 atom stereocenters. The monoisotopic (exact) mass is 500 g/mol. The molecule has 6 nitrogen and oxygen atoms in total. The molecule has 5 rings (SSSR count). The summed E-state index contributed by atoms with van der Waals surface area (Å²) in [7, 11) is 1.86. The summed E-state index contributed by atoms with van der Waals surface area (Å²) < 4.78 is 0. The second-order valence-corrected chi connectivity index (χ2v) is 10.5. The zero-order valence-electron chi connectivity index (χ0n) is 21.3. The van der Waals surface area contributed by atoms with Crippen molar-refractivity contribution < 1.29 is 0 Å². The number of aromatic nitrogens is 2. The molecule has 1 aromatic carbocycles. The first kappa shape index (κ1) is 25.8. The van der Waals surface area contributed by atoms with Crippen LogP contribution in [0.1, 0.15) is 30.9 Å². The van der Waals surface area contributed by atoms with Gasteiger partial charge in [0.2, 0.25) is 0 Å². The van der Waals surface area contributed by atoms with Crippen molar-refractivity contribution in [2.24, 2.45) is 11.1 Å². The van der Waals surface area contributed by atoms with Gasteiger partial charge in [0.1, 0.15) is 11.6 Å². The fourth-order valence-electron chi connectivity index (χ4n) is 4.63. The third-order valence-corrected chi connectivity index (χ3v) is 7.87. The van der Waals surface area contributed by atoms with Crippen molar-refractivity contribution in [3.8, 4) is 0 Å². The molecule has 2 aromatic heterocycles. The van der Waals surface area contributed by atoms with Crippen LogP contribution >= 0.6 is 11.8 Å². The number of rotatable bonds is 6. The summed E-state index contributed by atoms with van der Waals surface area (Å²) in [5.74, 6) is 1.96. The Labute approximate surface area is 218 Å². The van der Waals surface area contributed by atoms with Crippen molar-refractivity contribution in [1.82, 2.24) is 15.3 Å². The minimum atomic E-state index is 0.596. The fourth-order valence-corrected chi connectivity index (χ4v) is 5.28. The third kappa shape index (κ3) is 6.09. The van der Waals surface area contributed by atoms with Gasteiger partial charge in [0.15, 0.2) is 0 Å². The van der Waals surface area contributed by atoms with Crippen LogP contribution in [0.4, 0.5) is 11.6 Å². The van der Waals surface area contributed by atoms with Gasteiger partial charge in [-0.15, -0.1) is 0 Å². The van der Waals surface area contributed by atoms with Crippen molar-refractivity contribution >= 4 is 45.2 Å². The summed E-state index contributed by atoms with van der Waals surface area (Å²) in [5.41, 5.74) is 8.57. The number of fused-ring (bicyclic) bond motifs is 1. The number of hydrogen-bond donors (Lipinski definition) is 3. The molecule has 4 N–H and O–H groups in total. The molecule has 0 unspecified atom stereocenters. The van der Waals surface area contributed by atoms with E-state index in [0.29, 0.717) is 10.4 Å². The number of benzene rings is 1. The Bertz CT molecular complexity index is 1250. The zero-order chi connectivity index (χ0) is 25.5. The van der Waals surface area contributed by atoms with Gasteiger partial charge < -0.3 is 21.3 Å². The van der Waals surface area contributed by atoms with E-state index in [1.165, 1.54) is 37.7 Å². The van der Waals surface area contributed by atoms with E-state index in [-0.39, 0.29) is 0 Å². The van der Waals surface area contributed by atoms with E-state index in [1.807, 2.05) is 50.6 Å². The van der Waals surface area contributed by atoms with Crippen molar-refractivity contribution in [1.29, 1.82) is 0 Å². The number of thioether (sulfide) groups is 1. The third-order valence-electron chi connectivity index (χ3n) is 6.92. The van der Waals surface area contributed by atoms with E-state index in [9.17, 15) is 0 Å². The number of allylic oxidation sites excluding steroid dienone is 1. The normalized spacial score (nSPS) is 16.6. The van der Waals surface area contributed by atoms with Gasteiger partial charge in [-0.05, 0) is 66.0 Å². The number of hydrogen-bond acceptors (Lipinski definition) is 7. The quantitative estimate of drug-likeness (QED) is 0.400. The number of piperidine rings is 1. The fraction of sp³-hybridized carbons (Fsp3) is 0.310. The van der Waals surface area contributed by atoms with E-state index in [1.54, 1.807) is 0 Å². The second kappa shape index (κ2) is 11.6. The van der Waals surface area contributed by atoms with Crippen LogP contribution in [0.3, 0.4) is 0 Å². The Hall–Kier alpha value is -3.29. The summed E-state index contributed by atoms with van der Waals surface area (Å²) in [6, 6.07) is 12.5. The maximum absolute atomic E-state index is 5.67. The van der Waals surface area contributed by atoms with Crippen molar-refractivity contribution in [3.05, 3.63) is 84.2 Å². The van der Waals surface area contributed by atoms with Crippen molar-refractivity contribution in [3.63, 3.8) is 0 Å². The largest absolute Gasteiger partial charge is 0.394 e. The topological polar surface area (TPSA) is 79.1 Å². The lowest BCUT2D eigenvalue weighted by Crippen LogP contribution is -2.58. The first-order chi connectivity index (χ1) is 17.4. The number of nitrogens with zero attached hydrogens (tertiary/aromatic N) is 3. The van der Waals surface area contributed by atoms with Gasteiger partial charge in [0, 0.05) is 55.9 Å². The Balaban J connectivity index is 0.000000170. The Kier molecular flexibility index (Phi) is 8.33. The summed E-state index contributed by atoms with van der Waals surface area (Å²) in [6.45, 7) is 14.2. The van der Waals surface area contributed by atoms with Crippen LogP contribution in [-0.4, -0.2) is 43.2 Å². The SMILES string of the molecule is C=C(N)S/C(=C\C)c1ccc2cnc(NC)cc2c1.C=Cc1ccnc(N2CCC3(CC2)CNC3)c1. The molecule has 0 saturated carbocycles. The van der Waals surface area contributed by atoms with Crippen LogP contribution in [0.15, 0.2) is 73.1 Å². The Morgan fingerprint density at radius 3 is 2.53 bits per heavy atom. The number of nitrogens with two attached hydrogens (primary N) is 1. The molecule has 2 saturated heterocycles. The van der Waals surface area contributed by atoms with E-state index in [4.69, 9.17) is 5.73 Å². The van der Waals surface area contributed by atoms with Gasteiger partial charge >= 0.3 is 0 Å². The van der Waals surface area contributed by atoms with Gasteiger partial charge in [-0.25, -0.2) is 9.97 Å². The van der Waals surface area contributed by atoms with Crippen LogP contribution in [0.5, 0.6) is 0 Å². The maximum Gasteiger partial charge on any atom is 0.129 e. The molecule has 1 spiro atoms. The lowest BCUT2D eigenvalue weighted by molar-refractivity contribution is 0.126. The van der Waals surface area contributed by atoms with E-state index < -0.39 is 0 Å². The highest BCUT2D eigenvalue weighted by Gasteiger charge is 2.39. The first-order valence-corrected chi connectivity index (χ1v) is 13.2. The molecule has 7 heteroatoms. The second-order valence-electron chi connectivity index (χ2n) is 9.34. The number of anilines is 2. The van der Waals surface area contributed by atoms with Crippen LogP contribution < -0.4 is 21.3 Å². The Morgan fingerprint density at radius 2 is 1.92 bits per heavy atom. The molecule has 0 aliphatic carbocycles. The predicted octanol–water partition coefficient (Wildman–Crippen LogP) is 5.71. The number of nitrogens with one attached hydrogen (secondary N) is 2. The highest BCUT2D eigenvalue weighted by Crippen LogP contribution is 2.36. The molecule has 36 heavy (non-hydrogen) atoms. The molecule has 188 valence electrons. The molecule has 2 aliphatic heterocycles. The van der Waals surface area contributed by atoms with Crippen LogP contribution in [-0.2, 0) is 0 Å². The molecule has 3 aromatic rings. The van der Waals surface area contributed by atoms with E-state index >= 15 is 0 Å². The standard InChI is InChI=1S/C15H17N3S.C14H19N3/c1-4-14(19-10(2)16)11-5-6-12-9-18-15(17-3)8-13(12)7-11;1-2-12-3-6-16-13(9-12)17-7-4-14(5-8-17)10-15-11-14/h4-9H,2,16H2,1,3H3,(H,17,18);2-3,6,9,15H,1,4-5,7-8,10-11H2/b14-4-;. The van der Waals surface area contributed by atoms with Crippen LogP contribution in [0.2, 0.25) is 0 Å². The smallest absolute Gasteiger partial charge is 0.129 e.